The largest absolute Gasteiger partial charge is 0.368 e. The molecule has 30 heavy (non-hydrogen) atoms. The number of carbonyl (C=O) groups is 1. The Balaban J connectivity index is 1.36. The zero-order valence-corrected chi connectivity index (χ0v) is 18.4. The standard InChI is InChI=1S/C22H19ClN2O3S2/c23-16-4-3-5-17(13-16)24-8-10-25(11-9-24)22(26)19-12-15-14-30(27,28)20-7-2-1-6-18(20)21(15)29-19/h1-7,12-13H,8-11,14H2. The average Bonchev–Trinajstić information content (AvgIpc) is 3.17. The van der Waals surface area contributed by atoms with Crippen molar-refractivity contribution in [1.29, 1.82) is 0 Å². The Labute approximate surface area is 184 Å². The number of hydrogen-bond acceptors (Lipinski definition) is 5. The van der Waals surface area contributed by atoms with Gasteiger partial charge in [0.05, 0.1) is 15.5 Å². The van der Waals surface area contributed by atoms with E-state index < -0.39 is 9.84 Å². The molecule has 0 N–H and O–H groups in total. The lowest BCUT2D eigenvalue weighted by Gasteiger charge is -2.36. The minimum atomic E-state index is -3.37. The van der Waals surface area contributed by atoms with Crippen LogP contribution in [0.2, 0.25) is 5.02 Å². The second-order valence-electron chi connectivity index (χ2n) is 7.48. The summed E-state index contributed by atoms with van der Waals surface area (Å²) in [5.41, 5.74) is 2.48. The lowest BCUT2D eigenvalue weighted by atomic mass is 10.1. The van der Waals surface area contributed by atoms with Crippen LogP contribution in [-0.4, -0.2) is 45.4 Å². The Morgan fingerprint density at radius 3 is 2.50 bits per heavy atom. The van der Waals surface area contributed by atoms with Crippen molar-refractivity contribution in [2.24, 2.45) is 0 Å². The van der Waals surface area contributed by atoms with Crippen molar-refractivity contribution in [2.45, 2.75) is 10.6 Å². The van der Waals surface area contributed by atoms with Gasteiger partial charge in [-0.15, -0.1) is 11.3 Å². The molecule has 5 rings (SSSR count). The third-order valence-electron chi connectivity index (χ3n) is 5.57. The second-order valence-corrected chi connectivity index (χ2v) is 10.9. The van der Waals surface area contributed by atoms with E-state index in [4.69, 9.17) is 11.6 Å². The Morgan fingerprint density at radius 2 is 1.73 bits per heavy atom. The number of nitrogens with zero attached hydrogens (tertiary/aromatic N) is 2. The summed E-state index contributed by atoms with van der Waals surface area (Å²) in [5, 5.41) is 0.699. The molecular weight excluding hydrogens is 440 g/mol. The summed E-state index contributed by atoms with van der Waals surface area (Å²) in [5.74, 6) is -0.0823. The van der Waals surface area contributed by atoms with E-state index in [2.05, 4.69) is 4.90 Å². The van der Waals surface area contributed by atoms with Gasteiger partial charge in [-0.2, -0.15) is 0 Å². The quantitative estimate of drug-likeness (QED) is 0.574. The van der Waals surface area contributed by atoms with Crippen LogP contribution in [0.5, 0.6) is 0 Å². The molecule has 2 aromatic carbocycles. The van der Waals surface area contributed by atoms with E-state index in [9.17, 15) is 13.2 Å². The first-order valence-electron chi connectivity index (χ1n) is 9.67. The molecule has 0 bridgehead atoms. The lowest BCUT2D eigenvalue weighted by Crippen LogP contribution is -2.48. The fourth-order valence-corrected chi connectivity index (χ4v) is 7.19. The van der Waals surface area contributed by atoms with Gasteiger partial charge in [0.25, 0.3) is 5.91 Å². The topological polar surface area (TPSA) is 57.7 Å². The molecule has 1 fully saturated rings. The smallest absolute Gasteiger partial charge is 0.264 e. The number of piperazine rings is 1. The zero-order chi connectivity index (χ0) is 20.9. The number of halogens is 1. The summed E-state index contributed by atoms with van der Waals surface area (Å²) in [6.07, 6.45) is 0. The van der Waals surface area contributed by atoms with Crippen LogP contribution in [0.25, 0.3) is 10.4 Å². The minimum absolute atomic E-state index is 0.0324. The van der Waals surface area contributed by atoms with Gasteiger partial charge in [-0.05, 0) is 35.9 Å². The third-order valence-corrected chi connectivity index (χ3v) is 8.72. The van der Waals surface area contributed by atoms with Crippen molar-refractivity contribution < 1.29 is 13.2 Å². The van der Waals surface area contributed by atoms with Crippen molar-refractivity contribution in [3.63, 3.8) is 0 Å². The average molecular weight is 459 g/mol. The first kappa shape index (κ1) is 19.6. The summed E-state index contributed by atoms with van der Waals surface area (Å²) < 4.78 is 25.2. The van der Waals surface area contributed by atoms with Crippen LogP contribution in [0.1, 0.15) is 15.2 Å². The second kappa shape index (κ2) is 7.41. The van der Waals surface area contributed by atoms with Crippen LogP contribution in [-0.2, 0) is 15.6 Å². The van der Waals surface area contributed by atoms with E-state index in [1.807, 2.05) is 41.3 Å². The molecule has 1 amide bonds. The Hall–Kier alpha value is -2.35. The van der Waals surface area contributed by atoms with Gasteiger partial charge < -0.3 is 9.80 Å². The molecular formula is C22H19ClN2O3S2. The molecule has 2 aliphatic rings. The van der Waals surface area contributed by atoms with Crippen LogP contribution in [0.3, 0.4) is 0 Å². The van der Waals surface area contributed by atoms with E-state index in [1.165, 1.54) is 11.3 Å². The molecule has 3 heterocycles. The summed E-state index contributed by atoms with van der Waals surface area (Å²) in [6.45, 7) is 2.69. The van der Waals surface area contributed by atoms with Gasteiger partial charge in [0, 0.05) is 47.3 Å². The van der Waals surface area contributed by atoms with Crippen LogP contribution in [0, 0.1) is 0 Å². The number of amides is 1. The number of rotatable bonds is 2. The van der Waals surface area contributed by atoms with E-state index in [-0.39, 0.29) is 11.7 Å². The number of anilines is 1. The molecule has 0 saturated carbocycles. The molecule has 0 aliphatic carbocycles. The van der Waals surface area contributed by atoms with Gasteiger partial charge in [-0.3, -0.25) is 4.79 Å². The van der Waals surface area contributed by atoms with Gasteiger partial charge in [0.15, 0.2) is 9.84 Å². The monoisotopic (exact) mass is 458 g/mol. The maximum Gasteiger partial charge on any atom is 0.264 e. The normalized spacial score (nSPS) is 17.4. The molecule has 0 radical (unpaired) electrons. The third kappa shape index (κ3) is 3.41. The van der Waals surface area contributed by atoms with E-state index in [0.717, 1.165) is 29.2 Å². The molecule has 154 valence electrons. The van der Waals surface area contributed by atoms with Gasteiger partial charge in [-0.25, -0.2) is 8.42 Å². The predicted octanol–water partition coefficient (Wildman–Crippen LogP) is 4.32. The van der Waals surface area contributed by atoms with Crippen LogP contribution in [0.4, 0.5) is 5.69 Å². The van der Waals surface area contributed by atoms with E-state index in [1.54, 1.807) is 18.2 Å². The number of hydrogen-bond donors (Lipinski definition) is 0. The van der Waals surface area contributed by atoms with Gasteiger partial charge in [-0.1, -0.05) is 35.9 Å². The number of carbonyl (C=O) groups excluding carboxylic acids is 1. The summed E-state index contributed by atoms with van der Waals surface area (Å²) in [6, 6.07) is 16.5. The van der Waals surface area contributed by atoms with Gasteiger partial charge in [0.2, 0.25) is 0 Å². The molecule has 3 aromatic rings. The molecule has 2 aliphatic heterocycles. The highest BCUT2D eigenvalue weighted by Crippen LogP contribution is 2.43. The van der Waals surface area contributed by atoms with Crippen molar-refractivity contribution in [3.05, 3.63) is 70.1 Å². The lowest BCUT2D eigenvalue weighted by molar-refractivity contribution is 0.0751. The van der Waals surface area contributed by atoms with Crippen molar-refractivity contribution >= 4 is 44.4 Å². The van der Waals surface area contributed by atoms with Crippen LogP contribution < -0.4 is 4.90 Å². The Morgan fingerprint density at radius 1 is 0.967 bits per heavy atom. The van der Waals surface area contributed by atoms with E-state index >= 15 is 0 Å². The highest BCUT2D eigenvalue weighted by atomic mass is 35.5. The molecule has 1 saturated heterocycles. The fraction of sp³-hybridized carbons (Fsp3) is 0.227. The molecule has 5 nitrogen and oxygen atoms in total. The molecule has 8 heteroatoms. The Bertz CT molecular complexity index is 1240. The molecule has 1 aromatic heterocycles. The number of fused-ring (bicyclic) bond motifs is 3. The first-order valence-corrected chi connectivity index (χ1v) is 12.5. The van der Waals surface area contributed by atoms with E-state index in [0.29, 0.717) is 33.4 Å². The number of sulfone groups is 1. The van der Waals surface area contributed by atoms with Crippen LogP contribution in [0.15, 0.2) is 59.5 Å². The molecule has 0 atom stereocenters. The van der Waals surface area contributed by atoms with Crippen molar-refractivity contribution in [2.75, 3.05) is 31.1 Å². The minimum Gasteiger partial charge on any atom is -0.368 e. The van der Waals surface area contributed by atoms with Gasteiger partial charge in [0.1, 0.15) is 0 Å². The summed E-state index contributed by atoms with van der Waals surface area (Å²) >= 11 is 7.49. The highest BCUT2D eigenvalue weighted by Gasteiger charge is 2.32. The van der Waals surface area contributed by atoms with Crippen LogP contribution >= 0.6 is 22.9 Å². The molecule has 0 unspecified atom stereocenters. The first-order chi connectivity index (χ1) is 14.4. The summed E-state index contributed by atoms with van der Waals surface area (Å²) in [7, 11) is -3.37. The SMILES string of the molecule is O=C(c1cc2c(s1)-c1ccccc1S(=O)(=O)C2)N1CCN(c2cccc(Cl)c2)CC1. The summed E-state index contributed by atoms with van der Waals surface area (Å²) in [4.78, 5) is 19.0. The fourth-order valence-electron chi connectivity index (χ4n) is 4.07. The zero-order valence-electron chi connectivity index (χ0n) is 16.0. The predicted molar refractivity (Wildman–Crippen MR) is 120 cm³/mol. The van der Waals surface area contributed by atoms with Crippen molar-refractivity contribution in [1.82, 2.24) is 4.90 Å². The van der Waals surface area contributed by atoms with Crippen molar-refractivity contribution in [3.8, 4) is 10.4 Å². The Kier molecular flexibility index (Phi) is 4.84. The molecule has 0 spiro atoms. The maximum absolute atomic E-state index is 13.1. The number of benzene rings is 2. The highest BCUT2D eigenvalue weighted by molar-refractivity contribution is 7.91. The maximum atomic E-state index is 13.1. The van der Waals surface area contributed by atoms with Gasteiger partial charge >= 0.3 is 0 Å². The number of thiophene rings is 1.